The maximum absolute atomic E-state index is 13.0. The van der Waals surface area contributed by atoms with Gasteiger partial charge < -0.3 is 0 Å². The van der Waals surface area contributed by atoms with E-state index in [1.165, 1.54) is 13.0 Å². The molecule has 1 rings (SSSR count). The minimum absolute atomic E-state index is 0.266. The molecule has 0 fully saturated rings. The van der Waals surface area contributed by atoms with Crippen LogP contribution in [0.3, 0.4) is 0 Å². The van der Waals surface area contributed by atoms with Crippen LogP contribution in [0.4, 0.5) is 4.39 Å². The summed E-state index contributed by atoms with van der Waals surface area (Å²) in [5.41, 5.74) is 1.30. The molecule has 0 aromatic carbocycles. The van der Waals surface area contributed by atoms with Crippen LogP contribution in [0.5, 0.6) is 0 Å². The van der Waals surface area contributed by atoms with Gasteiger partial charge in [-0.3, -0.25) is 9.97 Å². The van der Waals surface area contributed by atoms with Gasteiger partial charge in [0.05, 0.1) is 16.5 Å². The molecule has 0 aliphatic rings. The average molecular weight is 267 g/mol. The molecule has 0 saturated carbocycles. The van der Waals surface area contributed by atoms with Crippen molar-refractivity contribution in [3.8, 4) is 0 Å². The van der Waals surface area contributed by atoms with Crippen LogP contribution in [0.15, 0.2) is 53.9 Å². The Morgan fingerprint density at radius 3 is 2.50 bits per heavy atom. The molecule has 0 spiro atoms. The Morgan fingerprint density at radius 1 is 1.25 bits per heavy atom. The fourth-order valence-corrected chi connectivity index (χ4v) is 1.44. The molecule has 0 aliphatic heterocycles. The van der Waals surface area contributed by atoms with Gasteiger partial charge in [0.1, 0.15) is 0 Å². The van der Waals surface area contributed by atoms with E-state index in [1.54, 1.807) is 31.7 Å². The quantitative estimate of drug-likeness (QED) is 0.613. The molecule has 1 heterocycles. The first-order valence-corrected chi connectivity index (χ1v) is 6.21. The lowest BCUT2D eigenvalue weighted by Gasteiger charge is -1.98. The van der Waals surface area contributed by atoms with Gasteiger partial charge in [-0.25, -0.2) is 4.39 Å². The van der Waals surface area contributed by atoms with Crippen LogP contribution in [0.25, 0.3) is 13.2 Å². The molecule has 0 unspecified atom stereocenters. The molecule has 0 bridgehead atoms. The number of hydrogen-bond acceptors (Lipinski definition) is 2. The summed E-state index contributed by atoms with van der Waals surface area (Å²) in [5.74, 6) is -0.266. The first-order valence-electron chi connectivity index (χ1n) is 6.21. The lowest BCUT2D eigenvalue weighted by atomic mass is 9.66. The summed E-state index contributed by atoms with van der Waals surface area (Å²) in [6.07, 6.45) is 4.82. The molecule has 101 valence electrons. The van der Waals surface area contributed by atoms with Crippen molar-refractivity contribution in [3.05, 3.63) is 64.6 Å². The highest BCUT2D eigenvalue weighted by atomic mass is 19.1. The Balaban J connectivity index is 3.30. The van der Waals surface area contributed by atoms with Crippen molar-refractivity contribution in [3.63, 3.8) is 0 Å². The highest BCUT2D eigenvalue weighted by molar-refractivity contribution is 6.60. The third-order valence-electron chi connectivity index (χ3n) is 2.34. The molecule has 0 saturated heterocycles. The Labute approximate surface area is 119 Å². The van der Waals surface area contributed by atoms with Crippen molar-refractivity contribution < 1.29 is 4.39 Å². The summed E-state index contributed by atoms with van der Waals surface area (Å²) in [7, 11) is 1.74. The number of allylic oxidation sites excluding steroid dienone is 4. The van der Waals surface area contributed by atoms with Crippen LogP contribution in [-0.4, -0.2) is 17.2 Å². The highest BCUT2D eigenvalue weighted by Gasteiger charge is 2.00. The van der Waals surface area contributed by atoms with Crippen LogP contribution in [0.2, 0.25) is 0 Å². The Morgan fingerprint density at radius 2 is 1.90 bits per heavy atom. The zero-order valence-corrected chi connectivity index (χ0v) is 11.8. The van der Waals surface area contributed by atoms with Crippen molar-refractivity contribution in [2.24, 2.45) is 0 Å². The molecule has 2 nitrogen and oxygen atoms in total. The van der Waals surface area contributed by atoms with E-state index in [1.807, 2.05) is 19.1 Å². The number of nitrogens with zero attached hydrogens (tertiary/aromatic N) is 2. The summed E-state index contributed by atoms with van der Waals surface area (Å²) in [6.45, 7) is 10.9. The number of halogens is 1. The standard InChI is InChI=1S/C16H17BFN2/c1-5-15(10-12(2)18)17-16-11-19-13(3)8-6-7-9-14(4)20-16/h5-11H,3-4H2,1-2H3/b8-6?,9-7?,12-10+,15-5+,19-11?,20-16?. The third-order valence-corrected chi connectivity index (χ3v) is 2.34. The van der Waals surface area contributed by atoms with Crippen molar-refractivity contribution in [2.75, 3.05) is 0 Å². The van der Waals surface area contributed by atoms with E-state index in [0.29, 0.717) is 21.8 Å². The van der Waals surface area contributed by atoms with Gasteiger partial charge in [0.15, 0.2) is 0 Å². The fourth-order valence-electron chi connectivity index (χ4n) is 1.44. The zero-order chi connectivity index (χ0) is 15.0. The maximum Gasteiger partial charge on any atom is 0.218 e. The van der Waals surface area contributed by atoms with Crippen molar-refractivity contribution in [1.29, 1.82) is 0 Å². The fraction of sp³-hybridized carbons (Fsp3) is 0.125. The van der Waals surface area contributed by atoms with Gasteiger partial charge in [-0.1, -0.05) is 36.8 Å². The summed E-state index contributed by atoms with van der Waals surface area (Å²) in [4.78, 5) is 8.51. The molecule has 1 radical (unpaired) electrons. The van der Waals surface area contributed by atoms with Crippen LogP contribution in [0.1, 0.15) is 13.8 Å². The second-order valence-corrected chi connectivity index (χ2v) is 4.16. The van der Waals surface area contributed by atoms with E-state index in [-0.39, 0.29) is 5.83 Å². The van der Waals surface area contributed by atoms with Crippen LogP contribution >= 0.6 is 0 Å². The minimum atomic E-state index is -0.266. The van der Waals surface area contributed by atoms with Gasteiger partial charge in [-0.15, -0.1) is 0 Å². The monoisotopic (exact) mass is 267 g/mol. The Hall–Kier alpha value is -2.23. The second kappa shape index (κ2) is 8.05. The molecule has 1 aromatic rings. The van der Waals surface area contributed by atoms with Gasteiger partial charge in [0, 0.05) is 11.8 Å². The van der Waals surface area contributed by atoms with Crippen LogP contribution in [-0.2, 0) is 0 Å². The maximum atomic E-state index is 13.0. The van der Waals surface area contributed by atoms with Crippen molar-refractivity contribution in [1.82, 2.24) is 9.97 Å². The van der Waals surface area contributed by atoms with Crippen LogP contribution < -0.4 is 16.3 Å². The summed E-state index contributed by atoms with van der Waals surface area (Å²) < 4.78 is 13.0. The van der Waals surface area contributed by atoms with Gasteiger partial charge >= 0.3 is 0 Å². The molecule has 20 heavy (non-hydrogen) atoms. The van der Waals surface area contributed by atoms with Gasteiger partial charge in [0.2, 0.25) is 7.28 Å². The molecule has 0 atom stereocenters. The van der Waals surface area contributed by atoms with E-state index in [9.17, 15) is 4.39 Å². The first kappa shape index (κ1) is 15.8. The summed E-state index contributed by atoms with van der Waals surface area (Å²) in [6, 6.07) is 7.20. The molecule has 0 aliphatic carbocycles. The summed E-state index contributed by atoms with van der Waals surface area (Å²) >= 11 is 0. The lowest BCUT2D eigenvalue weighted by Crippen LogP contribution is -2.25. The van der Waals surface area contributed by atoms with Crippen molar-refractivity contribution >= 4 is 26.0 Å². The zero-order valence-electron chi connectivity index (χ0n) is 11.8. The number of hydrogen-bond donors (Lipinski definition) is 0. The van der Waals surface area contributed by atoms with Gasteiger partial charge in [-0.2, -0.15) is 0 Å². The Kier molecular flexibility index (Phi) is 6.37. The largest absolute Gasteiger partial charge is 0.263 e. The third kappa shape index (κ3) is 6.09. The number of rotatable bonds is 3. The highest BCUT2D eigenvalue weighted by Crippen LogP contribution is 2.01. The Bertz CT molecular complexity index is 675. The molecule has 4 heteroatoms. The van der Waals surface area contributed by atoms with E-state index >= 15 is 0 Å². The van der Waals surface area contributed by atoms with E-state index in [4.69, 9.17) is 0 Å². The SMILES string of the molecule is C=c1ccccc(=C)nc([B]C(=C/C)/C=C(\C)F)cn1. The first-order chi connectivity index (χ1) is 9.51. The van der Waals surface area contributed by atoms with Crippen molar-refractivity contribution in [2.45, 2.75) is 13.8 Å². The number of aromatic nitrogens is 2. The van der Waals surface area contributed by atoms with Gasteiger partial charge in [-0.05, 0) is 32.1 Å². The van der Waals surface area contributed by atoms with E-state index in [0.717, 1.165) is 0 Å². The molecule has 1 aromatic heterocycles. The van der Waals surface area contributed by atoms with Gasteiger partial charge in [0.25, 0.3) is 0 Å². The molecule has 0 amide bonds. The predicted molar refractivity (Wildman–Crippen MR) is 84.0 cm³/mol. The molecule has 0 N–H and O–H groups in total. The predicted octanol–water partition coefficient (Wildman–Crippen LogP) is 1.53. The topological polar surface area (TPSA) is 25.8 Å². The lowest BCUT2D eigenvalue weighted by molar-refractivity contribution is 0.640. The van der Waals surface area contributed by atoms with E-state index < -0.39 is 0 Å². The second-order valence-electron chi connectivity index (χ2n) is 4.16. The summed E-state index contributed by atoms with van der Waals surface area (Å²) in [5, 5.41) is 1.21. The molecular weight excluding hydrogens is 250 g/mol. The normalized spacial score (nSPS) is 11.8. The molecular formula is C16H17BFN2. The average Bonchev–Trinajstić information content (AvgIpc) is 2.39. The van der Waals surface area contributed by atoms with Crippen LogP contribution in [0, 0.1) is 0 Å². The smallest absolute Gasteiger partial charge is 0.218 e. The minimum Gasteiger partial charge on any atom is -0.263 e. The van der Waals surface area contributed by atoms with E-state index in [2.05, 4.69) is 23.1 Å².